The highest BCUT2D eigenvalue weighted by Crippen LogP contribution is 2.38. The summed E-state index contributed by atoms with van der Waals surface area (Å²) in [6.45, 7) is 14.4. The van der Waals surface area contributed by atoms with E-state index in [9.17, 15) is 0 Å². The van der Waals surface area contributed by atoms with Crippen LogP contribution in [0.15, 0.2) is 72.3 Å². The average Bonchev–Trinajstić information content (AvgIpc) is 2.94. The summed E-state index contributed by atoms with van der Waals surface area (Å²) in [5, 5.41) is 2.68. The molecule has 0 amide bonds. The number of fused-ring (bicyclic) bond motifs is 3. The molecule has 0 nitrogen and oxygen atoms in total. The van der Waals surface area contributed by atoms with Gasteiger partial charge in [0.1, 0.15) is 0 Å². The van der Waals surface area contributed by atoms with Crippen LogP contribution >= 0.6 is 11.3 Å². The zero-order valence-corrected chi connectivity index (χ0v) is 16.1. The Labute approximate surface area is 149 Å². The van der Waals surface area contributed by atoms with E-state index in [1.807, 2.05) is 32.1 Å². The molecule has 1 heteroatoms. The smallest absolute Gasteiger partial charge is 0.0433 e. The summed E-state index contributed by atoms with van der Waals surface area (Å²) in [7, 11) is 0. The molecule has 124 valence electrons. The lowest BCUT2D eigenvalue weighted by Gasteiger charge is -2.06. The van der Waals surface area contributed by atoms with Gasteiger partial charge in [-0.25, -0.2) is 0 Å². The van der Waals surface area contributed by atoms with Gasteiger partial charge in [-0.3, -0.25) is 0 Å². The maximum absolute atomic E-state index is 4.05. The van der Waals surface area contributed by atoms with Crippen molar-refractivity contribution in [3.63, 3.8) is 0 Å². The topological polar surface area (TPSA) is 0 Å². The van der Waals surface area contributed by atoms with Crippen LogP contribution in [0.3, 0.4) is 0 Å². The van der Waals surface area contributed by atoms with Crippen molar-refractivity contribution in [2.45, 2.75) is 34.6 Å². The fourth-order valence-corrected chi connectivity index (χ4v) is 3.99. The minimum absolute atomic E-state index is 1.07. The standard InChI is InChI=1S/C21H20S.C2H6/c1-14(2)12-16(13-15(3)4)17-9-7-10-19-18-8-5-6-11-20(18)22-21(17)19;1-2/h5-13H,1H2,2-4H3;1-2H3/b16-12+;. The number of hydrogen-bond donors (Lipinski definition) is 0. The van der Waals surface area contributed by atoms with Crippen molar-refractivity contribution in [2.24, 2.45) is 0 Å². The van der Waals surface area contributed by atoms with E-state index < -0.39 is 0 Å². The van der Waals surface area contributed by atoms with Crippen molar-refractivity contribution in [2.75, 3.05) is 0 Å². The number of thiophene rings is 1. The molecule has 0 bridgehead atoms. The molecule has 0 unspecified atom stereocenters. The van der Waals surface area contributed by atoms with Gasteiger partial charge in [0.15, 0.2) is 0 Å². The molecule has 0 spiro atoms. The van der Waals surface area contributed by atoms with Crippen LogP contribution in [0.25, 0.3) is 25.7 Å². The number of allylic oxidation sites excluding steroid dienone is 5. The summed E-state index contributed by atoms with van der Waals surface area (Å²) in [6.07, 6.45) is 4.42. The first-order valence-electron chi connectivity index (χ1n) is 8.49. The van der Waals surface area contributed by atoms with Crippen LogP contribution in [-0.2, 0) is 0 Å². The zero-order valence-electron chi connectivity index (χ0n) is 15.3. The molecule has 0 aliphatic carbocycles. The summed E-state index contributed by atoms with van der Waals surface area (Å²) in [5.41, 5.74) is 4.91. The van der Waals surface area contributed by atoms with Gasteiger partial charge in [0.05, 0.1) is 0 Å². The minimum atomic E-state index is 1.07. The second kappa shape index (κ2) is 8.12. The van der Waals surface area contributed by atoms with E-state index in [2.05, 4.69) is 75.0 Å². The Balaban J connectivity index is 0.00000100. The van der Waals surface area contributed by atoms with E-state index >= 15 is 0 Å². The van der Waals surface area contributed by atoms with Gasteiger partial charge in [0.2, 0.25) is 0 Å². The number of hydrogen-bond acceptors (Lipinski definition) is 1. The molecule has 0 fully saturated rings. The molecule has 0 radical (unpaired) electrons. The number of benzene rings is 2. The Hall–Kier alpha value is -2.12. The van der Waals surface area contributed by atoms with Gasteiger partial charge in [-0.1, -0.05) is 80.1 Å². The fraction of sp³-hybridized carbons (Fsp3) is 0.217. The lowest BCUT2D eigenvalue weighted by Crippen LogP contribution is -1.84. The van der Waals surface area contributed by atoms with Gasteiger partial charge in [0, 0.05) is 20.2 Å². The van der Waals surface area contributed by atoms with Crippen molar-refractivity contribution in [3.8, 4) is 0 Å². The van der Waals surface area contributed by atoms with Crippen LogP contribution in [0.5, 0.6) is 0 Å². The Morgan fingerprint density at radius 1 is 0.875 bits per heavy atom. The fourth-order valence-electron chi connectivity index (χ4n) is 2.75. The van der Waals surface area contributed by atoms with E-state index in [1.165, 1.54) is 36.9 Å². The Morgan fingerprint density at radius 2 is 1.54 bits per heavy atom. The van der Waals surface area contributed by atoms with Crippen molar-refractivity contribution >= 4 is 37.1 Å². The molecule has 3 aromatic rings. The van der Waals surface area contributed by atoms with Gasteiger partial charge >= 0.3 is 0 Å². The zero-order chi connectivity index (χ0) is 17.7. The normalized spacial score (nSPS) is 11.1. The first-order valence-corrected chi connectivity index (χ1v) is 9.30. The molecule has 24 heavy (non-hydrogen) atoms. The molecule has 1 aromatic heterocycles. The first-order chi connectivity index (χ1) is 11.6. The predicted molar refractivity (Wildman–Crippen MR) is 113 cm³/mol. The summed E-state index contributed by atoms with van der Waals surface area (Å²) in [6, 6.07) is 15.2. The van der Waals surface area contributed by atoms with Crippen molar-refractivity contribution in [1.29, 1.82) is 0 Å². The van der Waals surface area contributed by atoms with Crippen molar-refractivity contribution in [1.82, 2.24) is 0 Å². The van der Waals surface area contributed by atoms with Crippen LogP contribution in [0.4, 0.5) is 0 Å². The van der Waals surface area contributed by atoms with Gasteiger partial charge in [0.25, 0.3) is 0 Å². The third kappa shape index (κ3) is 3.85. The summed E-state index contributed by atoms with van der Waals surface area (Å²) in [5.74, 6) is 0. The highest BCUT2D eigenvalue weighted by molar-refractivity contribution is 7.26. The molecule has 3 rings (SSSR count). The summed E-state index contributed by atoms with van der Waals surface area (Å²) < 4.78 is 2.70. The van der Waals surface area contributed by atoms with E-state index in [0.29, 0.717) is 0 Å². The first kappa shape index (κ1) is 18.2. The largest absolute Gasteiger partial charge is 0.135 e. The monoisotopic (exact) mass is 334 g/mol. The second-order valence-corrected chi connectivity index (χ2v) is 7.00. The Morgan fingerprint density at radius 3 is 2.21 bits per heavy atom. The van der Waals surface area contributed by atoms with Crippen LogP contribution in [-0.4, -0.2) is 0 Å². The van der Waals surface area contributed by atoms with E-state index in [-0.39, 0.29) is 0 Å². The molecule has 0 saturated heterocycles. The maximum atomic E-state index is 4.05. The molecule has 0 aliphatic rings. The molecule has 1 heterocycles. The van der Waals surface area contributed by atoms with Crippen LogP contribution < -0.4 is 0 Å². The quantitative estimate of drug-likeness (QED) is 0.425. The van der Waals surface area contributed by atoms with Crippen LogP contribution in [0.1, 0.15) is 40.2 Å². The van der Waals surface area contributed by atoms with E-state index in [4.69, 9.17) is 0 Å². The number of rotatable bonds is 3. The molecular weight excluding hydrogens is 308 g/mol. The van der Waals surface area contributed by atoms with Crippen LogP contribution in [0, 0.1) is 0 Å². The minimum Gasteiger partial charge on any atom is -0.135 e. The third-order valence-corrected chi connectivity index (χ3v) is 4.78. The van der Waals surface area contributed by atoms with Crippen molar-refractivity contribution < 1.29 is 0 Å². The van der Waals surface area contributed by atoms with Crippen LogP contribution in [0.2, 0.25) is 0 Å². The molecule has 0 aliphatic heterocycles. The molecule has 0 atom stereocenters. The van der Waals surface area contributed by atoms with Gasteiger partial charge in [-0.2, -0.15) is 0 Å². The highest BCUT2D eigenvalue weighted by atomic mass is 32.1. The molecule has 0 saturated carbocycles. The lowest BCUT2D eigenvalue weighted by molar-refractivity contribution is 1.39. The molecule has 2 aromatic carbocycles. The molecule has 0 N–H and O–H groups in total. The van der Waals surface area contributed by atoms with Gasteiger partial charge in [-0.15, -0.1) is 11.3 Å². The summed E-state index contributed by atoms with van der Waals surface area (Å²) in [4.78, 5) is 0. The van der Waals surface area contributed by atoms with Gasteiger partial charge in [-0.05, 0) is 38.0 Å². The highest BCUT2D eigenvalue weighted by Gasteiger charge is 2.10. The third-order valence-electron chi connectivity index (χ3n) is 3.56. The Kier molecular flexibility index (Phi) is 6.16. The summed E-state index contributed by atoms with van der Waals surface area (Å²) >= 11 is 1.87. The second-order valence-electron chi connectivity index (χ2n) is 5.95. The molecular formula is C23H26S. The SMILES string of the molecule is C=C(C)/C=C(\C=C(C)C)c1cccc2c1sc1ccccc12.CC. The Bertz CT molecular complexity index is 916. The predicted octanol–water partition coefficient (Wildman–Crippen LogP) is 8.01. The maximum Gasteiger partial charge on any atom is 0.0433 e. The van der Waals surface area contributed by atoms with Gasteiger partial charge < -0.3 is 0 Å². The van der Waals surface area contributed by atoms with E-state index in [0.717, 1.165) is 5.57 Å². The van der Waals surface area contributed by atoms with Crippen molar-refractivity contribution in [3.05, 3.63) is 77.9 Å². The average molecular weight is 335 g/mol. The van der Waals surface area contributed by atoms with E-state index in [1.54, 1.807) is 0 Å². The lowest BCUT2D eigenvalue weighted by atomic mass is 9.99.